The predicted molar refractivity (Wildman–Crippen MR) is 75.6 cm³/mol. The van der Waals surface area contributed by atoms with E-state index in [0.717, 1.165) is 10.5 Å². The summed E-state index contributed by atoms with van der Waals surface area (Å²) < 4.78 is 37.8. The van der Waals surface area contributed by atoms with Crippen molar-refractivity contribution in [2.75, 3.05) is 13.1 Å². The summed E-state index contributed by atoms with van der Waals surface area (Å²) in [4.78, 5) is 13.2. The Balaban J connectivity index is 2.84. The quantitative estimate of drug-likeness (QED) is 0.878. The molecule has 1 aromatic carbocycles. The summed E-state index contributed by atoms with van der Waals surface area (Å²) in [5.74, 6) is -1.19. The monoisotopic (exact) mass is 302 g/mol. The van der Waals surface area contributed by atoms with Gasteiger partial charge in [-0.15, -0.1) is 0 Å². The normalized spacial score (nSPS) is 13.3. The largest absolute Gasteiger partial charge is 0.406 e. The van der Waals surface area contributed by atoms with Gasteiger partial charge in [-0.2, -0.15) is 13.2 Å². The predicted octanol–water partition coefficient (Wildman–Crippen LogP) is 2.60. The van der Waals surface area contributed by atoms with Gasteiger partial charge in [0, 0.05) is 12.6 Å². The fraction of sp³-hybridized carbons (Fsp3) is 0.533. The molecule has 1 unspecified atom stereocenters. The maximum atomic E-state index is 12.6. The Kier molecular flexibility index (Phi) is 6.20. The minimum absolute atomic E-state index is 0.0226. The van der Waals surface area contributed by atoms with Crippen LogP contribution >= 0.6 is 0 Å². The second-order valence-corrected chi connectivity index (χ2v) is 5.30. The Morgan fingerprint density at radius 3 is 2.24 bits per heavy atom. The Morgan fingerprint density at radius 1 is 1.24 bits per heavy atom. The van der Waals surface area contributed by atoms with E-state index in [2.05, 4.69) is 0 Å². The Labute approximate surface area is 122 Å². The number of benzene rings is 1. The molecule has 2 N–H and O–H groups in total. The third-order valence-electron chi connectivity index (χ3n) is 3.21. The van der Waals surface area contributed by atoms with E-state index in [-0.39, 0.29) is 6.54 Å². The lowest BCUT2D eigenvalue weighted by Crippen LogP contribution is -2.48. The van der Waals surface area contributed by atoms with Gasteiger partial charge < -0.3 is 10.6 Å². The second kappa shape index (κ2) is 7.45. The first-order valence-electron chi connectivity index (χ1n) is 6.86. The van der Waals surface area contributed by atoms with Crippen LogP contribution in [0.2, 0.25) is 0 Å². The molecule has 0 saturated carbocycles. The van der Waals surface area contributed by atoms with E-state index in [1.165, 1.54) is 0 Å². The number of hydrogen-bond donors (Lipinski definition) is 1. The molecule has 0 aliphatic carbocycles. The van der Waals surface area contributed by atoms with Gasteiger partial charge in [0.15, 0.2) is 0 Å². The number of halogens is 3. The molecule has 0 aliphatic rings. The first-order valence-corrected chi connectivity index (χ1v) is 6.86. The summed E-state index contributed by atoms with van der Waals surface area (Å²) in [5.41, 5.74) is 6.48. The van der Waals surface area contributed by atoms with Crippen LogP contribution in [0.25, 0.3) is 0 Å². The fourth-order valence-corrected chi connectivity index (χ4v) is 2.11. The zero-order chi connectivity index (χ0) is 16.0. The Bertz CT molecular complexity index is 446. The minimum Gasteiger partial charge on any atom is -0.331 e. The molecule has 0 fully saturated rings. The lowest BCUT2D eigenvalue weighted by atomic mass is 9.97. The molecule has 0 saturated heterocycles. The third-order valence-corrected chi connectivity index (χ3v) is 3.21. The summed E-state index contributed by atoms with van der Waals surface area (Å²) >= 11 is 0. The average Bonchev–Trinajstić information content (AvgIpc) is 2.41. The maximum Gasteiger partial charge on any atom is 0.406 e. The Morgan fingerprint density at radius 2 is 1.81 bits per heavy atom. The molecule has 21 heavy (non-hydrogen) atoms. The second-order valence-electron chi connectivity index (χ2n) is 5.30. The smallest absolute Gasteiger partial charge is 0.331 e. The van der Waals surface area contributed by atoms with Gasteiger partial charge in [-0.05, 0) is 25.8 Å². The summed E-state index contributed by atoms with van der Waals surface area (Å²) in [6.07, 6.45) is -4.07. The van der Waals surface area contributed by atoms with Gasteiger partial charge in [0.2, 0.25) is 5.91 Å². The molecule has 0 spiro atoms. The van der Waals surface area contributed by atoms with Crippen molar-refractivity contribution in [3.63, 3.8) is 0 Å². The van der Waals surface area contributed by atoms with Crippen LogP contribution in [-0.4, -0.2) is 36.1 Å². The molecule has 1 amide bonds. The molecule has 3 nitrogen and oxygen atoms in total. The zero-order valence-corrected chi connectivity index (χ0v) is 12.2. The topological polar surface area (TPSA) is 46.3 Å². The van der Waals surface area contributed by atoms with Gasteiger partial charge in [-0.3, -0.25) is 4.79 Å². The van der Waals surface area contributed by atoms with Gasteiger partial charge in [0.25, 0.3) is 0 Å². The van der Waals surface area contributed by atoms with Crippen LogP contribution in [0.1, 0.15) is 19.4 Å². The Hall–Kier alpha value is -1.56. The van der Waals surface area contributed by atoms with E-state index in [4.69, 9.17) is 5.73 Å². The molecule has 6 heteroatoms. The number of carbonyl (C=O) groups is 1. The van der Waals surface area contributed by atoms with Crippen LogP contribution in [0.5, 0.6) is 0 Å². The molecular formula is C15H21F3N2O. The van der Waals surface area contributed by atoms with Gasteiger partial charge in [-0.1, -0.05) is 30.3 Å². The zero-order valence-electron chi connectivity index (χ0n) is 12.2. The van der Waals surface area contributed by atoms with Crippen LogP contribution in [-0.2, 0) is 11.2 Å². The van der Waals surface area contributed by atoms with Crippen molar-refractivity contribution in [3.05, 3.63) is 35.9 Å². The van der Waals surface area contributed by atoms with Gasteiger partial charge in [-0.25, -0.2) is 0 Å². The molecular weight excluding hydrogens is 281 g/mol. The van der Waals surface area contributed by atoms with Crippen LogP contribution in [0.3, 0.4) is 0 Å². The van der Waals surface area contributed by atoms with Gasteiger partial charge in [0.1, 0.15) is 6.54 Å². The molecule has 1 rings (SSSR count). The first kappa shape index (κ1) is 17.5. The van der Waals surface area contributed by atoms with Crippen molar-refractivity contribution in [2.45, 2.75) is 32.5 Å². The number of nitrogens with two attached hydrogens (primary N) is 1. The molecule has 1 aromatic rings. The molecule has 0 heterocycles. The summed E-state index contributed by atoms with van der Waals surface area (Å²) in [7, 11) is 0. The highest BCUT2D eigenvalue weighted by Gasteiger charge is 2.36. The van der Waals surface area contributed by atoms with E-state index < -0.39 is 30.6 Å². The summed E-state index contributed by atoms with van der Waals surface area (Å²) in [5, 5.41) is 0. The van der Waals surface area contributed by atoms with Gasteiger partial charge in [0.05, 0.1) is 5.92 Å². The van der Waals surface area contributed by atoms with Gasteiger partial charge >= 0.3 is 6.18 Å². The first-order chi connectivity index (χ1) is 9.74. The maximum absolute atomic E-state index is 12.6. The van der Waals surface area contributed by atoms with E-state index in [9.17, 15) is 18.0 Å². The lowest BCUT2D eigenvalue weighted by Gasteiger charge is -2.31. The third kappa shape index (κ3) is 5.75. The van der Waals surface area contributed by atoms with Crippen LogP contribution < -0.4 is 5.73 Å². The molecule has 0 aromatic heterocycles. The lowest BCUT2D eigenvalue weighted by molar-refractivity contribution is -0.167. The standard InChI is InChI=1S/C15H21F3N2O/c1-11(2)20(10-15(16,17)18)14(21)13(9-19)8-12-6-4-3-5-7-12/h3-7,11,13H,8-10,19H2,1-2H3. The number of hydrogen-bond acceptors (Lipinski definition) is 2. The van der Waals surface area contributed by atoms with Crippen LogP contribution in [0.4, 0.5) is 13.2 Å². The van der Waals surface area contributed by atoms with Crippen molar-refractivity contribution in [3.8, 4) is 0 Å². The molecule has 118 valence electrons. The molecule has 1 atom stereocenters. The van der Waals surface area contributed by atoms with Crippen molar-refractivity contribution in [1.29, 1.82) is 0 Å². The summed E-state index contributed by atoms with van der Waals surface area (Å²) in [6, 6.07) is 8.63. The molecule has 0 bridgehead atoms. The molecule has 0 aliphatic heterocycles. The van der Waals surface area contributed by atoms with Crippen molar-refractivity contribution in [2.24, 2.45) is 11.7 Å². The van der Waals surface area contributed by atoms with Crippen molar-refractivity contribution >= 4 is 5.91 Å². The highest BCUT2D eigenvalue weighted by Crippen LogP contribution is 2.21. The van der Waals surface area contributed by atoms with E-state index in [0.29, 0.717) is 6.42 Å². The SMILES string of the molecule is CC(C)N(CC(F)(F)F)C(=O)C(CN)Cc1ccccc1. The number of alkyl halides is 3. The van der Waals surface area contributed by atoms with Crippen molar-refractivity contribution in [1.82, 2.24) is 4.90 Å². The van der Waals surface area contributed by atoms with Crippen molar-refractivity contribution < 1.29 is 18.0 Å². The van der Waals surface area contributed by atoms with E-state index in [1.54, 1.807) is 13.8 Å². The number of carbonyl (C=O) groups excluding carboxylic acids is 1. The highest BCUT2D eigenvalue weighted by molar-refractivity contribution is 5.79. The number of amides is 1. The minimum atomic E-state index is -4.41. The summed E-state index contributed by atoms with van der Waals surface area (Å²) in [6.45, 7) is 1.92. The average molecular weight is 302 g/mol. The van der Waals surface area contributed by atoms with Crippen LogP contribution in [0, 0.1) is 5.92 Å². The highest BCUT2D eigenvalue weighted by atomic mass is 19.4. The number of nitrogens with zero attached hydrogens (tertiary/aromatic N) is 1. The number of rotatable bonds is 6. The van der Waals surface area contributed by atoms with E-state index >= 15 is 0 Å². The fourth-order valence-electron chi connectivity index (χ4n) is 2.11. The molecule has 0 radical (unpaired) electrons. The van der Waals surface area contributed by atoms with E-state index in [1.807, 2.05) is 30.3 Å². The van der Waals surface area contributed by atoms with Crippen LogP contribution in [0.15, 0.2) is 30.3 Å².